The zero-order valence-electron chi connectivity index (χ0n) is 20.6. The van der Waals surface area contributed by atoms with Gasteiger partial charge in [-0.2, -0.15) is 0 Å². The van der Waals surface area contributed by atoms with Gasteiger partial charge >= 0.3 is 12.0 Å². The molecule has 1 aromatic heterocycles. The van der Waals surface area contributed by atoms with E-state index >= 15 is 0 Å². The van der Waals surface area contributed by atoms with Crippen LogP contribution in [0.3, 0.4) is 0 Å². The molecule has 1 fully saturated rings. The van der Waals surface area contributed by atoms with Gasteiger partial charge in [0.1, 0.15) is 23.8 Å². The summed E-state index contributed by atoms with van der Waals surface area (Å²) in [7, 11) is 1.20. The molecule has 2 heterocycles. The second-order valence-corrected chi connectivity index (χ2v) is 8.54. The van der Waals surface area contributed by atoms with Crippen LogP contribution < -0.4 is 10.1 Å². The number of esters is 1. The van der Waals surface area contributed by atoms with Crippen molar-refractivity contribution in [1.29, 1.82) is 0 Å². The number of methoxy groups -OCH3 is 1. The molecule has 3 aromatic carbocycles. The first-order chi connectivity index (χ1) is 18.8. The minimum absolute atomic E-state index is 0.0695. The molecule has 5 rings (SSSR count). The van der Waals surface area contributed by atoms with Crippen molar-refractivity contribution in [3.63, 3.8) is 0 Å². The van der Waals surface area contributed by atoms with Crippen LogP contribution in [0.2, 0.25) is 0 Å². The number of carbonyl (C=O) groups excluding carboxylic acids is 3. The van der Waals surface area contributed by atoms with E-state index in [1.165, 1.54) is 43.5 Å². The number of carbonyl (C=O) groups is 3. The number of non-ortho nitro benzene ring substituents is 1. The van der Waals surface area contributed by atoms with Crippen LogP contribution in [0, 0.1) is 10.1 Å². The maximum Gasteiger partial charge on any atom is 0.373 e. The van der Waals surface area contributed by atoms with Gasteiger partial charge in [0.05, 0.1) is 18.6 Å². The van der Waals surface area contributed by atoms with Crippen LogP contribution in [0.25, 0.3) is 16.8 Å². The summed E-state index contributed by atoms with van der Waals surface area (Å²) in [4.78, 5) is 49.0. The third kappa shape index (κ3) is 5.18. The molecular formula is C28H21N3O8. The Morgan fingerprint density at radius 3 is 2.67 bits per heavy atom. The van der Waals surface area contributed by atoms with Gasteiger partial charge in [0.2, 0.25) is 5.76 Å². The van der Waals surface area contributed by atoms with Crippen molar-refractivity contribution in [3.8, 4) is 5.75 Å². The Kier molecular flexibility index (Phi) is 6.79. The normalized spacial score (nSPS) is 14.1. The Labute approximate surface area is 221 Å². The van der Waals surface area contributed by atoms with Crippen LogP contribution in [0.1, 0.15) is 27.4 Å². The predicted octanol–water partition coefficient (Wildman–Crippen LogP) is 4.80. The third-order valence-electron chi connectivity index (χ3n) is 6.09. The van der Waals surface area contributed by atoms with Crippen LogP contribution in [-0.4, -0.2) is 34.8 Å². The Morgan fingerprint density at radius 1 is 1.08 bits per heavy atom. The molecule has 0 atom stereocenters. The molecule has 0 spiro atoms. The molecule has 39 heavy (non-hydrogen) atoms. The quantitative estimate of drug-likeness (QED) is 0.113. The molecule has 1 N–H and O–H groups in total. The van der Waals surface area contributed by atoms with Gasteiger partial charge in [-0.1, -0.05) is 42.5 Å². The standard InChI is InChI=1S/C28H21N3O8/c1-37-27(33)25-12-10-21(39-25)15-30-26(32)23(29-28(30)34)14-19-13-20(31(35)36)9-11-24(19)38-16-18-7-4-6-17-5-2-3-8-22(17)18/h2-14H,15-16H2,1H3,(H,29,34)/b23-14-. The van der Waals surface area contributed by atoms with E-state index < -0.39 is 22.8 Å². The van der Waals surface area contributed by atoms with Crippen molar-refractivity contribution in [2.75, 3.05) is 7.11 Å². The topological polar surface area (TPSA) is 141 Å². The highest BCUT2D eigenvalue weighted by atomic mass is 16.6. The van der Waals surface area contributed by atoms with Crippen molar-refractivity contribution in [1.82, 2.24) is 10.2 Å². The van der Waals surface area contributed by atoms with Crippen molar-refractivity contribution in [2.24, 2.45) is 0 Å². The van der Waals surface area contributed by atoms with Crippen LogP contribution in [0.15, 0.2) is 82.9 Å². The Hall–Kier alpha value is -5.45. The van der Waals surface area contributed by atoms with E-state index in [0.717, 1.165) is 21.2 Å². The zero-order valence-corrected chi connectivity index (χ0v) is 20.6. The number of fused-ring (bicyclic) bond motifs is 1. The molecule has 196 valence electrons. The Bertz CT molecular complexity index is 1650. The molecule has 0 bridgehead atoms. The number of nitro benzene ring substituents is 1. The Morgan fingerprint density at radius 2 is 1.87 bits per heavy atom. The number of furan rings is 1. The fraction of sp³-hybridized carbons (Fsp3) is 0.107. The fourth-order valence-electron chi connectivity index (χ4n) is 4.17. The SMILES string of the molecule is COC(=O)c1ccc(CN2C(=O)N/C(=C\c3cc([N+](=O)[O-])ccc3OCc3cccc4ccccc34)C2=O)o1. The van der Waals surface area contributed by atoms with E-state index in [4.69, 9.17) is 9.15 Å². The van der Waals surface area contributed by atoms with Crippen LogP contribution >= 0.6 is 0 Å². The molecule has 11 nitrogen and oxygen atoms in total. The minimum Gasteiger partial charge on any atom is -0.488 e. The van der Waals surface area contributed by atoms with Crippen molar-refractivity contribution in [3.05, 3.63) is 111 Å². The van der Waals surface area contributed by atoms with Crippen LogP contribution in [0.4, 0.5) is 10.5 Å². The summed E-state index contributed by atoms with van der Waals surface area (Å²) in [5.41, 5.74) is 0.835. The number of ether oxygens (including phenoxy) is 2. The number of urea groups is 1. The lowest BCUT2D eigenvalue weighted by molar-refractivity contribution is -0.384. The molecule has 11 heteroatoms. The highest BCUT2D eigenvalue weighted by molar-refractivity contribution is 6.14. The van der Waals surface area contributed by atoms with Gasteiger partial charge in [0.25, 0.3) is 11.6 Å². The summed E-state index contributed by atoms with van der Waals surface area (Å²) in [6, 6.07) is 19.8. The van der Waals surface area contributed by atoms with Gasteiger partial charge in [0, 0.05) is 17.7 Å². The number of nitrogens with one attached hydrogen (secondary N) is 1. The molecule has 0 unspecified atom stereocenters. The first kappa shape index (κ1) is 25.2. The second kappa shape index (κ2) is 10.5. The lowest BCUT2D eigenvalue weighted by Gasteiger charge is -2.12. The van der Waals surface area contributed by atoms with E-state index in [9.17, 15) is 24.5 Å². The van der Waals surface area contributed by atoms with E-state index in [1.807, 2.05) is 42.5 Å². The van der Waals surface area contributed by atoms with Crippen molar-refractivity contribution >= 4 is 40.4 Å². The lowest BCUT2D eigenvalue weighted by Crippen LogP contribution is -2.30. The average Bonchev–Trinajstić information content (AvgIpc) is 3.52. The minimum atomic E-state index is -0.717. The highest BCUT2D eigenvalue weighted by Gasteiger charge is 2.34. The molecule has 0 aliphatic carbocycles. The molecule has 1 aliphatic rings. The molecule has 1 aliphatic heterocycles. The van der Waals surface area contributed by atoms with Gasteiger partial charge in [-0.15, -0.1) is 0 Å². The number of imide groups is 1. The number of benzene rings is 3. The summed E-state index contributed by atoms with van der Waals surface area (Å²) in [6.07, 6.45) is 1.33. The predicted molar refractivity (Wildman–Crippen MR) is 138 cm³/mol. The first-order valence-corrected chi connectivity index (χ1v) is 11.7. The third-order valence-corrected chi connectivity index (χ3v) is 6.09. The summed E-state index contributed by atoms with van der Waals surface area (Å²) >= 11 is 0. The van der Waals surface area contributed by atoms with Crippen LogP contribution in [-0.2, 0) is 22.7 Å². The highest BCUT2D eigenvalue weighted by Crippen LogP contribution is 2.29. The molecular weight excluding hydrogens is 506 g/mol. The maximum atomic E-state index is 13.0. The maximum absolute atomic E-state index is 13.0. The number of hydrogen-bond donors (Lipinski definition) is 1. The number of hydrogen-bond acceptors (Lipinski definition) is 8. The lowest BCUT2D eigenvalue weighted by atomic mass is 10.1. The summed E-state index contributed by atoms with van der Waals surface area (Å²) < 4.78 is 16.0. The number of nitrogens with zero attached hydrogens (tertiary/aromatic N) is 2. The largest absolute Gasteiger partial charge is 0.488 e. The second-order valence-electron chi connectivity index (χ2n) is 8.54. The van der Waals surface area contributed by atoms with E-state index in [0.29, 0.717) is 0 Å². The van der Waals surface area contributed by atoms with Gasteiger partial charge in [-0.05, 0) is 40.6 Å². The number of rotatable bonds is 8. The molecule has 0 saturated carbocycles. The summed E-state index contributed by atoms with van der Waals surface area (Å²) in [5, 5.41) is 15.9. The van der Waals surface area contributed by atoms with E-state index in [1.54, 1.807) is 0 Å². The van der Waals surface area contributed by atoms with Crippen molar-refractivity contribution in [2.45, 2.75) is 13.2 Å². The van der Waals surface area contributed by atoms with Gasteiger partial charge < -0.3 is 19.2 Å². The van der Waals surface area contributed by atoms with E-state index in [-0.39, 0.29) is 47.4 Å². The molecule has 3 amide bonds. The fourth-order valence-corrected chi connectivity index (χ4v) is 4.17. The average molecular weight is 527 g/mol. The van der Waals surface area contributed by atoms with Gasteiger partial charge in [-0.25, -0.2) is 9.59 Å². The van der Waals surface area contributed by atoms with Gasteiger partial charge in [0.15, 0.2) is 0 Å². The van der Waals surface area contributed by atoms with Crippen molar-refractivity contribution < 1.29 is 33.2 Å². The Balaban J connectivity index is 1.41. The molecule has 1 saturated heterocycles. The summed E-state index contributed by atoms with van der Waals surface area (Å²) in [6.45, 7) is -0.0683. The van der Waals surface area contributed by atoms with Crippen LogP contribution in [0.5, 0.6) is 5.75 Å². The molecule has 0 radical (unpaired) electrons. The first-order valence-electron chi connectivity index (χ1n) is 11.7. The number of nitro groups is 1. The monoisotopic (exact) mass is 527 g/mol. The van der Waals surface area contributed by atoms with Gasteiger partial charge in [-0.3, -0.25) is 19.8 Å². The molecule has 4 aromatic rings. The number of amides is 3. The summed E-state index contributed by atoms with van der Waals surface area (Å²) in [5.74, 6) is -0.965. The smallest absolute Gasteiger partial charge is 0.373 e. The zero-order chi connectivity index (χ0) is 27.5. The van der Waals surface area contributed by atoms with E-state index in [2.05, 4.69) is 10.1 Å².